The number of likely N-dealkylation sites (tertiary alicyclic amines) is 1. The lowest BCUT2D eigenvalue weighted by Gasteiger charge is -2.13. The van der Waals surface area contributed by atoms with Crippen LogP contribution in [0.15, 0.2) is 5.10 Å². The Morgan fingerprint density at radius 2 is 2.17 bits per heavy atom. The number of carbonyl (C=O) groups is 3. The van der Waals surface area contributed by atoms with Crippen molar-refractivity contribution in [1.82, 2.24) is 10.3 Å². The summed E-state index contributed by atoms with van der Waals surface area (Å²) in [5.74, 6) is -1.29. The number of imide groups is 1. The molecule has 7 nitrogen and oxygen atoms in total. The van der Waals surface area contributed by atoms with Crippen LogP contribution in [0.25, 0.3) is 0 Å². The van der Waals surface area contributed by atoms with Gasteiger partial charge in [0, 0.05) is 44.4 Å². The molecule has 3 amide bonds. The second-order valence-electron chi connectivity index (χ2n) is 4.95. The third-order valence-corrected chi connectivity index (χ3v) is 3.13. The van der Waals surface area contributed by atoms with Crippen LogP contribution in [0.4, 0.5) is 4.39 Å². The van der Waals surface area contributed by atoms with Crippen LogP contribution in [0.3, 0.4) is 0 Å². The van der Waals surface area contributed by atoms with Crippen molar-refractivity contribution >= 4 is 23.9 Å². The van der Waals surface area contributed by atoms with E-state index in [1.165, 1.54) is 6.21 Å². The summed E-state index contributed by atoms with van der Waals surface area (Å²) in [4.78, 5) is 35.7. The molecule has 0 saturated carbocycles. The fourth-order valence-corrected chi connectivity index (χ4v) is 1.89. The minimum atomic E-state index is -0.822. The normalized spacial score (nSPS) is 18.8. The Morgan fingerprint density at radius 3 is 2.70 bits per heavy atom. The summed E-state index contributed by atoms with van der Waals surface area (Å²) in [6.45, 7) is 5.10. The van der Waals surface area contributed by atoms with E-state index in [9.17, 15) is 23.9 Å². The van der Waals surface area contributed by atoms with Crippen molar-refractivity contribution in [1.29, 1.82) is 0 Å². The molecule has 2 N–H and O–H groups in total. The molecule has 0 bridgehead atoms. The molecule has 2 unspecified atom stereocenters. The molecule has 0 aromatic heterocycles. The molecule has 1 rings (SSSR count). The molecule has 8 heteroatoms. The first-order valence-electron chi connectivity index (χ1n) is 7.84. The van der Waals surface area contributed by atoms with Gasteiger partial charge in [-0.1, -0.05) is 20.8 Å². The van der Waals surface area contributed by atoms with Gasteiger partial charge in [-0.2, -0.15) is 5.10 Å². The molecule has 1 fully saturated rings. The Morgan fingerprint density at radius 1 is 1.52 bits per heavy atom. The van der Waals surface area contributed by atoms with Crippen LogP contribution in [-0.2, 0) is 14.4 Å². The smallest absolute Gasteiger partial charge is 0.241 e. The van der Waals surface area contributed by atoms with Crippen molar-refractivity contribution in [2.45, 2.75) is 52.6 Å². The zero-order valence-corrected chi connectivity index (χ0v) is 13.9. The summed E-state index contributed by atoms with van der Waals surface area (Å²) in [7, 11) is 0. The van der Waals surface area contributed by atoms with Gasteiger partial charge in [-0.25, -0.2) is 5.43 Å². The lowest BCUT2D eigenvalue weighted by Crippen LogP contribution is -2.34. The van der Waals surface area contributed by atoms with Crippen molar-refractivity contribution in [3.63, 3.8) is 0 Å². The molecule has 0 aliphatic carbocycles. The van der Waals surface area contributed by atoms with Crippen LogP contribution in [0, 0.1) is 5.92 Å². The lowest BCUT2D eigenvalue weighted by atomic mass is 10.1. The molecule has 1 saturated heterocycles. The number of alkyl halides is 1. The van der Waals surface area contributed by atoms with Crippen LogP contribution in [0.1, 0.15) is 46.5 Å². The third-order valence-electron chi connectivity index (χ3n) is 3.13. The van der Waals surface area contributed by atoms with Crippen LogP contribution >= 0.6 is 0 Å². The largest absolute Gasteiger partial charge is 0.393 e. The predicted molar refractivity (Wildman–Crippen MR) is 84.3 cm³/mol. The van der Waals surface area contributed by atoms with Gasteiger partial charge in [-0.3, -0.25) is 23.7 Å². The fraction of sp³-hybridized carbons (Fsp3) is 0.733. The van der Waals surface area contributed by atoms with E-state index in [0.717, 1.165) is 4.90 Å². The number of halogens is 1. The molecule has 1 aliphatic rings. The number of hydrogen-bond donors (Lipinski definition) is 2. The maximum atomic E-state index is 11.9. The number of aliphatic hydroxyl groups excluding tert-OH is 1. The molecular weight excluding hydrogens is 305 g/mol. The highest BCUT2D eigenvalue weighted by atomic mass is 19.1. The number of amides is 3. The number of carbonyl (C=O) groups excluding carboxylic acids is 3. The first-order valence-corrected chi connectivity index (χ1v) is 7.84. The number of nitrogens with zero attached hydrogens (tertiary/aromatic N) is 2. The summed E-state index contributed by atoms with van der Waals surface area (Å²) >= 11 is 0. The van der Waals surface area contributed by atoms with E-state index < -0.39 is 18.7 Å². The number of aliphatic hydroxyl groups is 1. The van der Waals surface area contributed by atoms with Gasteiger partial charge >= 0.3 is 0 Å². The third kappa shape index (κ3) is 7.83. The highest BCUT2D eigenvalue weighted by Gasteiger charge is 2.35. The van der Waals surface area contributed by atoms with Crippen LogP contribution < -0.4 is 5.43 Å². The van der Waals surface area contributed by atoms with Gasteiger partial charge in [0.25, 0.3) is 0 Å². The monoisotopic (exact) mass is 331 g/mol. The average molecular weight is 331 g/mol. The van der Waals surface area contributed by atoms with E-state index in [0.29, 0.717) is 0 Å². The molecule has 2 atom stereocenters. The summed E-state index contributed by atoms with van der Waals surface area (Å²) < 4.78 is 11.9. The molecular formula is C15H26FN3O4. The maximum absolute atomic E-state index is 11.9. The second-order valence-corrected chi connectivity index (χ2v) is 4.95. The Labute approximate surface area is 135 Å². The van der Waals surface area contributed by atoms with Gasteiger partial charge in [0.2, 0.25) is 17.7 Å². The minimum Gasteiger partial charge on any atom is -0.393 e. The van der Waals surface area contributed by atoms with Crippen LogP contribution in [0.2, 0.25) is 0 Å². The molecule has 0 aromatic carbocycles. The first-order chi connectivity index (χ1) is 11.0. The summed E-state index contributed by atoms with van der Waals surface area (Å²) in [5, 5.41) is 12.8. The molecule has 1 heterocycles. The van der Waals surface area contributed by atoms with E-state index in [2.05, 4.69) is 10.5 Å². The van der Waals surface area contributed by atoms with Crippen molar-refractivity contribution in [3.05, 3.63) is 0 Å². The minimum absolute atomic E-state index is 0.0251. The van der Waals surface area contributed by atoms with Crippen LogP contribution in [-0.4, -0.2) is 53.3 Å². The van der Waals surface area contributed by atoms with E-state index in [1.807, 2.05) is 13.8 Å². The molecule has 0 radical (unpaired) electrons. The van der Waals surface area contributed by atoms with Crippen molar-refractivity contribution in [2.75, 3.05) is 13.2 Å². The molecule has 132 valence electrons. The lowest BCUT2D eigenvalue weighted by molar-refractivity contribution is -0.139. The molecule has 0 aromatic rings. The standard InChI is InChI=1S/C13H20FN3O4.C2H6/c1-9-8-12(20)17(13(9)21)7-4-11(19)16-15-6-3-10(18)2-5-14;1-2/h6,9-10,18H,2-5,7-8H2,1H3,(H,16,19);1-2H3/b15-6+;. The van der Waals surface area contributed by atoms with Crippen molar-refractivity contribution in [2.24, 2.45) is 11.0 Å². The van der Waals surface area contributed by atoms with Crippen molar-refractivity contribution in [3.8, 4) is 0 Å². The van der Waals surface area contributed by atoms with Gasteiger partial charge in [0.05, 0.1) is 12.8 Å². The Kier molecular flexibility index (Phi) is 10.8. The Balaban J connectivity index is 0.00000232. The van der Waals surface area contributed by atoms with E-state index in [4.69, 9.17) is 0 Å². The van der Waals surface area contributed by atoms with Gasteiger partial charge in [0.1, 0.15) is 0 Å². The number of nitrogens with one attached hydrogen (secondary N) is 1. The summed E-state index contributed by atoms with van der Waals surface area (Å²) in [6.07, 6.45) is 0.783. The number of rotatable bonds is 8. The molecule has 0 spiro atoms. The first kappa shape index (κ1) is 21.2. The van der Waals surface area contributed by atoms with E-state index in [1.54, 1.807) is 6.92 Å². The van der Waals surface area contributed by atoms with E-state index in [-0.39, 0.29) is 50.0 Å². The molecule has 1 aliphatic heterocycles. The summed E-state index contributed by atoms with van der Waals surface area (Å²) in [5.41, 5.74) is 2.22. The Hall–Kier alpha value is -1.83. The topological polar surface area (TPSA) is 99.1 Å². The number of hydrogen-bond acceptors (Lipinski definition) is 5. The van der Waals surface area contributed by atoms with Crippen molar-refractivity contribution < 1.29 is 23.9 Å². The van der Waals surface area contributed by atoms with Gasteiger partial charge in [-0.15, -0.1) is 0 Å². The van der Waals surface area contributed by atoms with Gasteiger partial charge < -0.3 is 5.11 Å². The maximum Gasteiger partial charge on any atom is 0.241 e. The predicted octanol–water partition coefficient (Wildman–Crippen LogP) is 1.01. The second kappa shape index (κ2) is 11.7. The summed E-state index contributed by atoms with van der Waals surface area (Å²) in [6, 6.07) is 0. The van der Waals surface area contributed by atoms with E-state index >= 15 is 0 Å². The highest BCUT2D eigenvalue weighted by Crippen LogP contribution is 2.18. The molecule has 23 heavy (non-hydrogen) atoms. The quantitative estimate of drug-likeness (QED) is 0.394. The Bertz CT molecular complexity index is 429. The average Bonchev–Trinajstić information content (AvgIpc) is 2.77. The zero-order chi connectivity index (χ0) is 17.8. The highest BCUT2D eigenvalue weighted by molar-refractivity contribution is 6.03. The zero-order valence-electron chi connectivity index (χ0n) is 13.9. The van der Waals surface area contributed by atoms with Crippen LogP contribution in [0.5, 0.6) is 0 Å². The fourth-order valence-electron chi connectivity index (χ4n) is 1.89. The number of hydrazone groups is 1. The van der Waals surface area contributed by atoms with Gasteiger partial charge in [0.15, 0.2) is 0 Å². The SMILES string of the molecule is CC.CC1CC(=O)N(CCC(=O)N/N=C/CC(O)CCF)C1=O. The van der Waals surface area contributed by atoms with Gasteiger partial charge in [-0.05, 0) is 0 Å².